The zero-order valence-corrected chi connectivity index (χ0v) is 14.9. The molecule has 1 rings (SSSR count). The molecule has 1 atom stereocenters. The number of anilines is 1. The van der Waals surface area contributed by atoms with Crippen molar-refractivity contribution in [2.45, 2.75) is 64.7 Å². The summed E-state index contributed by atoms with van der Waals surface area (Å²) in [5.41, 5.74) is 2.89. The molecule has 0 aliphatic carbocycles. The molecular weight excluding hydrogens is 318 g/mol. The molecular formula is C17H26F2N2O3. The lowest BCUT2D eigenvalue weighted by atomic mass is 9.91. The Hall–Kier alpha value is -1.73. The number of amides is 1. The number of ether oxygens (including phenoxy) is 1. The number of rotatable bonds is 4. The van der Waals surface area contributed by atoms with Crippen molar-refractivity contribution in [3.05, 3.63) is 29.3 Å². The van der Waals surface area contributed by atoms with Crippen LogP contribution in [-0.4, -0.2) is 22.4 Å². The van der Waals surface area contributed by atoms with E-state index in [9.17, 15) is 18.7 Å². The molecule has 0 radical (unpaired) electrons. The Morgan fingerprint density at radius 2 is 1.75 bits per heavy atom. The maximum absolute atomic E-state index is 14.5. The first-order chi connectivity index (χ1) is 10.6. The van der Waals surface area contributed by atoms with Crippen LogP contribution in [0.15, 0.2) is 18.2 Å². The Morgan fingerprint density at radius 3 is 2.17 bits per heavy atom. The number of nitrogens with two attached hydrogens (primary N) is 1. The Labute approximate surface area is 141 Å². The minimum absolute atomic E-state index is 0.123. The van der Waals surface area contributed by atoms with Crippen molar-refractivity contribution in [1.82, 2.24) is 0 Å². The van der Waals surface area contributed by atoms with Gasteiger partial charge in [0.2, 0.25) is 0 Å². The predicted octanol–water partition coefficient (Wildman–Crippen LogP) is 3.92. The SMILES string of the molecule is C[C@@H](N)c1cc(NC(=O)OC(C)(C)C)cc(C(F)(F)C(C)(C)O)c1. The molecule has 1 aromatic carbocycles. The fraction of sp³-hybridized carbons (Fsp3) is 0.588. The van der Waals surface area contributed by atoms with Gasteiger partial charge in [-0.3, -0.25) is 5.32 Å². The van der Waals surface area contributed by atoms with E-state index in [1.165, 1.54) is 12.1 Å². The number of hydrogen-bond donors (Lipinski definition) is 3. The third-order valence-electron chi connectivity index (χ3n) is 3.26. The van der Waals surface area contributed by atoms with Crippen LogP contribution in [-0.2, 0) is 10.7 Å². The van der Waals surface area contributed by atoms with Gasteiger partial charge in [-0.25, -0.2) is 4.79 Å². The average molecular weight is 344 g/mol. The third kappa shape index (κ3) is 5.14. The summed E-state index contributed by atoms with van der Waals surface area (Å²) in [7, 11) is 0. The second-order valence-electron chi connectivity index (χ2n) is 7.39. The van der Waals surface area contributed by atoms with Gasteiger partial charge < -0.3 is 15.6 Å². The Morgan fingerprint density at radius 1 is 1.21 bits per heavy atom. The molecule has 4 N–H and O–H groups in total. The molecule has 0 aliphatic rings. The van der Waals surface area contributed by atoms with Gasteiger partial charge >= 0.3 is 12.0 Å². The fourth-order valence-corrected chi connectivity index (χ4v) is 1.94. The van der Waals surface area contributed by atoms with Crippen LogP contribution < -0.4 is 11.1 Å². The van der Waals surface area contributed by atoms with Gasteiger partial charge in [0.05, 0.1) is 0 Å². The lowest BCUT2D eigenvalue weighted by molar-refractivity contribution is -0.168. The molecule has 0 heterocycles. The smallest absolute Gasteiger partial charge is 0.412 e. The normalized spacial score (nSPS) is 14.2. The summed E-state index contributed by atoms with van der Waals surface area (Å²) in [5.74, 6) is -3.53. The molecule has 0 fully saturated rings. The zero-order valence-electron chi connectivity index (χ0n) is 14.9. The van der Waals surface area contributed by atoms with Crippen LogP contribution in [0.4, 0.5) is 19.3 Å². The number of halogens is 2. The second-order valence-corrected chi connectivity index (χ2v) is 7.39. The van der Waals surface area contributed by atoms with Crippen molar-refractivity contribution in [3.63, 3.8) is 0 Å². The van der Waals surface area contributed by atoms with Crippen molar-refractivity contribution in [3.8, 4) is 0 Å². The zero-order chi connectivity index (χ0) is 18.9. The number of carbonyl (C=O) groups is 1. The Balaban J connectivity index is 3.26. The van der Waals surface area contributed by atoms with Gasteiger partial charge in [-0.15, -0.1) is 0 Å². The van der Waals surface area contributed by atoms with Crippen LogP contribution in [0.5, 0.6) is 0 Å². The first kappa shape index (κ1) is 20.3. The largest absolute Gasteiger partial charge is 0.444 e. The minimum Gasteiger partial charge on any atom is -0.444 e. The Bertz CT molecular complexity index is 603. The van der Waals surface area contributed by atoms with E-state index >= 15 is 0 Å². The van der Waals surface area contributed by atoms with Crippen LogP contribution >= 0.6 is 0 Å². The first-order valence-corrected chi connectivity index (χ1v) is 7.65. The van der Waals surface area contributed by atoms with Gasteiger partial charge in [0.15, 0.2) is 0 Å². The van der Waals surface area contributed by atoms with Crippen molar-refractivity contribution >= 4 is 11.8 Å². The molecule has 1 amide bonds. The van der Waals surface area contributed by atoms with E-state index in [1.807, 2.05) is 0 Å². The molecule has 0 saturated carbocycles. The summed E-state index contributed by atoms with van der Waals surface area (Å²) in [4.78, 5) is 11.9. The Kier molecular flexibility index (Phi) is 5.62. The van der Waals surface area contributed by atoms with Crippen LogP contribution in [0, 0.1) is 0 Å². The maximum Gasteiger partial charge on any atom is 0.412 e. The molecule has 1 aromatic rings. The summed E-state index contributed by atoms with van der Waals surface area (Å²) in [6.45, 7) is 8.76. The molecule has 136 valence electrons. The van der Waals surface area contributed by atoms with E-state index in [4.69, 9.17) is 10.5 Å². The number of aliphatic hydroxyl groups is 1. The number of nitrogens with one attached hydrogen (secondary N) is 1. The van der Waals surface area contributed by atoms with E-state index < -0.39 is 34.8 Å². The quantitative estimate of drug-likeness (QED) is 0.773. The number of hydrogen-bond acceptors (Lipinski definition) is 4. The van der Waals surface area contributed by atoms with Crippen LogP contribution in [0.2, 0.25) is 0 Å². The van der Waals surface area contributed by atoms with E-state index in [1.54, 1.807) is 27.7 Å². The highest BCUT2D eigenvalue weighted by molar-refractivity contribution is 5.85. The fourth-order valence-electron chi connectivity index (χ4n) is 1.94. The minimum atomic E-state index is -3.53. The molecule has 0 aromatic heterocycles. The molecule has 0 spiro atoms. The lowest BCUT2D eigenvalue weighted by Crippen LogP contribution is -2.40. The summed E-state index contributed by atoms with van der Waals surface area (Å²) in [5, 5.41) is 12.2. The summed E-state index contributed by atoms with van der Waals surface area (Å²) in [6, 6.07) is 3.30. The van der Waals surface area contributed by atoms with Crippen molar-refractivity contribution in [2.75, 3.05) is 5.32 Å². The van der Waals surface area contributed by atoms with E-state index in [0.717, 1.165) is 19.9 Å². The van der Waals surface area contributed by atoms with Gasteiger partial charge in [-0.2, -0.15) is 8.78 Å². The summed E-state index contributed by atoms with van der Waals surface area (Å²) in [6.07, 6.45) is -0.762. The van der Waals surface area contributed by atoms with Crippen molar-refractivity contribution in [1.29, 1.82) is 0 Å². The predicted molar refractivity (Wildman–Crippen MR) is 89.1 cm³/mol. The van der Waals surface area contributed by atoms with Crippen molar-refractivity contribution in [2.24, 2.45) is 5.73 Å². The molecule has 7 heteroatoms. The van der Waals surface area contributed by atoms with Gasteiger partial charge in [0.1, 0.15) is 11.2 Å². The maximum atomic E-state index is 14.5. The lowest BCUT2D eigenvalue weighted by Gasteiger charge is -2.30. The standard InChI is InChI=1S/C17H26F2N2O3/c1-10(20)11-7-12(17(18,19)16(5,6)23)9-13(8-11)21-14(22)24-15(2,3)4/h7-10,23H,20H2,1-6H3,(H,21,22)/t10-/m1/s1. The molecule has 5 nitrogen and oxygen atoms in total. The highest BCUT2D eigenvalue weighted by Gasteiger charge is 2.47. The highest BCUT2D eigenvalue weighted by atomic mass is 19.3. The molecule has 0 bridgehead atoms. The number of benzene rings is 1. The monoisotopic (exact) mass is 344 g/mol. The average Bonchev–Trinajstić information content (AvgIpc) is 2.34. The number of alkyl halides is 2. The van der Waals surface area contributed by atoms with Crippen LogP contribution in [0.1, 0.15) is 58.7 Å². The van der Waals surface area contributed by atoms with Crippen LogP contribution in [0.25, 0.3) is 0 Å². The van der Waals surface area contributed by atoms with Crippen molar-refractivity contribution < 1.29 is 23.4 Å². The van der Waals surface area contributed by atoms with E-state index in [-0.39, 0.29) is 5.69 Å². The molecule has 0 aliphatic heterocycles. The van der Waals surface area contributed by atoms with E-state index in [2.05, 4.69) is 5.32 Å². The highest BCUT2D eigenvalue weighted by Crippen LogP contribution is 2.40. The van der Waals surface area contributed by atoms with Gasteiger partial charge in [0, 0.05) is 17.3 Å². The third-order valence-corrected chi connectivity index (χ3v) is 3.26. The second kappa shape index (κ2) is 6.64. The van der Waals surface area contributed by atoms with E-state index in [0.29, 0.717) is 5.56 Å². The van der Waals surface area contributed by atoms with Gasteiger partial charge in [0.25, 0.3) is 0 Å². The molecule has 0 saturated heterocycles. The van der Waals surface area contributed by atoms with Crippen LogP contribution in [0.3, 0.4) is 0 Å². The first-order valence-electron chi connectivity index (χ1n) is 7.65. The molecule has 24 heavy (non-hydrogen) atoms. The summed E-state index contributed by atoms with van der Waals surface area (Å²) >= 11 is 0. The summed E-state index contributed by atoms with van der Waals surface area (Å²) < 4.78 is 34.0. The topological polar surface area (TPSA) is 84.6 Å². The number of carbonyl (C=O) groups excluding carboxylic acids is 1. The van der Waals surface area contributed by atoms with Gasteiger partial charge in [-0.1, -0.05) is 0 Å². The molecule has 0 unspecified atom stereocenters. The van der Waals surface area contributed by atoms with Gasteiger partial charge in [-0.05, 0) is 65.3 Å².